The van der Waals surface area contributed by atoms with E-state index in [0.717, 1.165) is 0 Å². The highest BCUT2D eigenvalue weighted by molar-refractivity contribution is 6.34. The fourth-order valence-electron chi connectivity index (χ4n) is 4.04. The zero-order chi connectivity index (χ0) is 15.6. The number of aryl methyl sites for hydroxylation is 2. The van der Waals surface area contributed by atoms with Crippen molar-refractivity contribution in [2.24, 2.45) is 7.05 Å². The molecule has 0 unspecified atom stereocenters. The second kappa shape index (κ2) is 4.45. The Bertz CT molecular complexity index is 688. The van der Waals surface area contributed by atoms with Gasteiger partial charge in [-0.1, -0.05) is 11.6 Å². The number of hydrogen-bond acceptors (Lipinski definition) is 4. The van der Waals surface area contributed by atoms with Crippen LogP contribution in [0.1, 0.15) is 29.0 Å². The normalized spacial score (nSPS) is 30.1. The zero-order valence-corrected chi connectivity index (χ0v) is 13.3. The number of aromatic nitrogens is 2. The lowest BCUT2D eigenvalue weighted by atomic mass is 10.1. The Hall–Kier alpha value is -1.60. The first-order valence-corrected chi connectivity index (χ1v) is 7.78. The van der Waals surface area contributed by atoms with Crippen LogP contribution in [-0.2, 0) is 16.6 Å². The quantitative estimate of drug-likeness (QED) is 0.757. The van der Waals surface area contributed by atoms with Gasteiger partial charge in [0, 0.05) is 26.6 Å². The van der Waals surface area contributed by atoms with Crippen LogP contribution in [0.15, 0.2) is 0 Å². The van der Waals surface area contributed by atoms with Crippen LogP contribution in [0.2, 0.25) is 5.02 Å². The molecular weight excluding hydrogens is 308 g/mol. The maximum Gasteiger partial charge on any atom is 0.274 e. The summed E-state index contributed by atoms with van der Waals surface area (Å²) in [6.07, 6.45) is 0.976. The molecule has 0 N–H and O–H groups in total. The van der Waals surface area contributed by atoms with Gasteiger partial charge in [-0.2, -0.15) is 5.10 Å². The van der Waals surface area contributed by atoms with Crippen molar-refractivity contribution < 1.29 is 14.3 Å². The number of ether oxygens (including phenoxy) is 1. The van der Waals surface area contributed by atoms with E-state index in [1.54, 1.807) is 23.8 Å². The molecule has 3 saturated heterocycles. The van der Waals surface area contributed by atoms with Gasteiger partial charge in [-0.25, -0.2) is 0 Å². The number of carbonyl (C=O) groups excluding carboxylic acids is 2. The van der Waals surface area contributed by atoms with Gasteiger partial charge >= 0.3 is 0 Å². The SMILES string of the molecule is Cc1nn(C)c(C(=O)N2CC[C@@]34OCCN3C(=O)C[C@@H]24)c1Cl. The molecule has 7 nitrogen and oxygen atoms in total. The monoisotopic (exact) mass is 324 g/mol. The van der Waals surface area contributed by atoms with E-state index >= 15 is 0 Å². The first-order chi connectivity index (χ1) is 10.5. The lowest BCUT2D eigenvalue weighted by Crippen LogP contribution is -2.49. The molecular formula is C14H17ClN4O3. The molecule has 2 amide bonds. The van der Waals surface area contributed by atoms with Crippen molar-refractivity contribution in [3.05, 3.63) is 16.4 Å². The Kier molecular flexibility index (Phi) is 2.84. The van der Waals surface area contributed by atoms with Crippen LogP contribution in [-0.4, -0.2) is 62.9 Å². The molecule has 22 heavy (non-hydrogen) atoms. The molecule has 0 aliphatic carbocycles. The van der Waals surface area contributed by atoms with Gasteiger partial charge < -0.3 is 14.5 Å². The Morgan fingerprint density at radius 3 is 2.91 bits per heavy atom. The van der Waals surface area contributed by atoms with E-state index in [-0.39, 0.29) is 17.9 Å². The lowest BCUT2D eigenvalue weighted by Gasteiger charge is -2.31. The Morgan fingerprint density at radius 2 is 2.23 bits per heavy atom. The Morgan fingerprint density at radius 1 is 1.45 bits per heavy atom. The fraction of sp³-hybridized carbons (Fsp3) is 0.643. The molecule has 3 aliphatic rings. The third kappa shape index (κ3) is 1.58. The Labute approximate surface area is 132 Å². The summed E-state index contributed by atoms with van der Waals surface area (Å²) in [5.41, 5.74) is 0.384. The van der Waals surface area contributed by atoms with Gasteiger partial charge in [0.2, 0.25) is 5.91 Å². The zero-order valence-electron chi connectivity index (χ0n) is 12.5. The van der Waals surface area contributed by atoms with Crippen molar-refractivity contribution in [3.63, 3.8) is 0 Å². The van der Waals surface area contributed by atoms with Crippen molar-refractivity contribution >= 4 is 23.4 Å². The summed E-state index contributed by atoms with van der Waals surface area (Å²) in [4.78, 5) is 28.6. The second-order valence-corrected chi connectivity index (χ2v) is 6.46. The van der Waals surface area contributed by atoms with Gasteiger partial charge in [0.15, 0.2) is 5.72 Å². The third-order valence-corrected chi connectivity index (χ3v) is 5.47. The molecule has 3 fully saturated rings. The predicted molar refractivity (Wildman–Crippen MR) is 77.4 cm³/mol. The second-order valence-electron chi connectivity index (χ2n) is 6.08. The first kappa shape index (κ1) is 14.0. The average Bonchev–Trinajstić information content (AvgIpc) is 3.14. The summed E-state index contributed by atoms with van der Waals surface area (Å²) in [5.74, 6) is -0.118. The molecule has 8 heteroatoms. The minimum Gasteiger partial charge on any atom is -0.351 e. The summed E-state index contributed by atoms with van der Waals surface area (Å²) in [6, 6.07) is -0.235. The number of carbonyl (C=O) groups is 2. The summed E-state index contributed by atoms with van der Waals surface area (Å²) < 4.78 is 7.41. The molecule has 4 heterocycles. The molecule has 0 bridgehead atoms. The Balaban J connectivity index is 1.70. The van der Waals surface area contributed by atoms with Gasteiger partial charge in [-0.15, -0.1) is 0 Å². The van der Waals surface area contributed by atoms with Crippen LogP contribution in [0.3, 0.4) is 0 Å². The number of rotatable bonds is 1. The highest BCUT2D eigenvalue weighted by atomic mass is 35.5. The van der Waals surface area contributed by atoms with Crippen molar-refractivity contribution in [2.45, 2.75) is 31.5 Å². The smallest absolute Gasteiger partial charge is 0.274 e. The first-order valence-electron chi connectivity index (χ1n) is 7.40. The maximum atomic E-state index is 12.9. The van der Waals surface area contributed by atoms with E-state index < -0.39 is 5.72 Å². The van der Waals surface area contributed by atoms with Crippen LogP contribution < -0.4 is 0 Å². The van der Waals surface area contributed by atoms with E-state index in [1.165, 1.54) is 4.68 Å². The van der Waals surface area contributed by atoms with Gasteiger partial charge in [0.05, 0.1) is 29.8 Å². The van der Waals surface area contributed by atoms with E-state index in [4.69, 9.17) is 16.3 Å². The molecule has 1 aromatic rings. The highest BCUT2D eigenvalue weighted by Gasteiger charge is 2.63. The molecule has 0 saturated carbocycles. The number of nitrogens with zero attached hydrogens (tertiary/aromatic N) is 4. The largest absolute Gasteiger partial charge is 0.351 e. The summed E-state index contributed by atoms with van der Waals surface area (Å²) >= 11 is 6.23. The van der Waals surface area contributed by atoms with Gasteiger partial charge in [-0.3, -0.25) is 14.3 Å². The molecule has 0 aromatic carbocycles. The van der Waals surface area contributed by atoms with Gasteiger partial charge in [0.25, 0.3) is 5.91 Å². The average molecular weight is 325 g/mol. The molecule has 4 rings (SSSR count). The number of halogens is 1. The summed E-state index contributed by atoms with van der Waals surface area (Å²) in [5, 5.41) is 4.57. The summed E-state index contributed by atoms with van der Waals surface area (Å²) in [7, 11) is 1.70. The van der Waals surface area contributed by atoms with Crippen LogP contribution >= 0.6 is 11.6 Å². The summed E-state index contributed by atoms with van der Waals surface area (Å²) in [6.45, 7) is 3.48. The minimum absolute atomic E-state index is 0.0623. The minimum atomic E-state index is -0.618. The van der Waals surface area contributed by atoms with Crippen molar-refractivity contribution in [2.75, 3.05) is 19.7 Å². The van der Waals surface area contributed by atoms with E-state index in [1.807, 2.05) is 0 Å². The third-order valence-electron chi connectivity index (χ3n) is 5.01. The van der Waals surface area contributed by atoms with Crippen LogP contribution in [0.25, 0.3) is 0 Å². The fourth-order valence-corrected chi connectivity index (χ4v) is 4.28. The molecule has 3 aliphatic heterocycles. The van der Waals surface area contributed by atoms with E-state index in [2.05, 4.69) is 5.10 Å². The van der Waals surface area contributed by atoms with Crippen molar-refractivity contribution in [1.29, 1.82) is 0 Å². The van der Waals surface area contributed by atoms with Gasteiger partial charge in [-0.05, 0) is 6.92 Å². The molecule has 2 atom stereocenters. The molecule has 1 aromatic heterocycles. The van der Waals surface area contributed by atoms with Crippen molar-refractivity contribution in [1.82, 2.24) is 19.6 Å². The van der Waals surface area contributed by atoms with Crippen molar-refractivity contribution in [3.8, 4) is 0 Å². The predicted octanol–water partition coefficient (Wildman–Crippen LogP) is 0.555. The van der Waals surface area contributed by atoms with E-state index in [0.29, 0.717) is 48.9 Å². The topological polar surface area (TPSA) is 67.7 Å². The maximum absolute atomic E-state index is 12.9. The number of hydrogen-bond donors (Lipinski definition) is 0. The van der Waals surface area contributed by atoms with Crippen LogP contribution in [0, 0.1) is 6.92 Å². The number of likely N-dealkylation sites (tertiary alicyclic amines) is 1. The van der Waals surface area contributed by atoms with E-state index in [9.17, 15) is 9.59 Å². The van der Waals surface area contributed by atoms with Crippen LogP contribution in [0.4, 0.5) is 0 Å². The lowest BCUT2D eigenvalue weighted by molar-refractivity contribution is -0.136. The molecule has 1 spiro atoms. The van der Waals surface area contributed by atoms with Crippen LogP contribution in [0.5, 0.6) is 0 Å². The van der Waals surface area contributed by atoms with Gasteiger partial charge in [0.1, 0.15) is 5.69 Å². The molecule has 118 valence electrons. The highest BCUT2D eigenvalue weighted by Crippen LogP contribution is 2.46. The standard InChI is InChI=1S/C14H17ClN4O3/c1-8-11(15)12(17(2)16-8)13(21)18-4-3-14-9(18)7-10(20)19(14)5-6-22-14/h9H,3-7H2,1-2H3/t9-,14+/m1/s1. The molecule has 0 radical (unpaired) electrons. The number of amides is 2.